The van der Waals surface area contributed by atoms with Crippen LogP contribution in [-0.4, -0.2) is 60.7 Å². The van der Waals surface area contributed by atoms with Gasteiger partial charge in [-0.15, -0.1) is 0 Å². The molecule has 6 nitrogen and oxygen atoms in total. The molecule has 1 aromatic heterocycles. The maximum absolute atomic E-state index is 4.93. The summed E-state index contributed by atoms with van der Waals surface area (Å²) in [5.41, 5.74) is 2.64. The summed E-state index contributed by atoms with van der Waals surface area (Å²) in [4.78, 5) is 9.30. The minimum Gasteiger partial charge on any atom is -0.364 e. The lowest BCUT2D eigenvalue weighted by molar-refractivity contribution is 0.169. The maximum Gasteiger partial charge on any atom is 0.193 e. The molecule has 1 aliphatic carbocycles. The minimum atomic E-state index is 0.241. The number of aliphatic imine (C=N–C) groups is 1. The predicted octanol–water partition coefficient (Wildman–Crippen LogP) is 2.86. The molecule has 4 rings (SSSR count). The van der Waals surface area contributed by atoms with Gasteiger partial charge in [-0.25, -0.2) is 0 Å². The fraction of sp³-hybridized carbons (Fsp3) is 0.500. The molecule has 2 aliphatic rings. The van der Waals surface area contributed by atoms with Crippen LogP contribution >= 0.6 is 15.9 Å². The molecule has 1 aromatic carbocycles. The number of rotatable bonds is 5. The van der Waals surface area contributed by atoms with E-state index in [2.05, 4.69) is 65.5 Å². The van der Waals surface area contributed by atoms with Gasteiger partial charge in [-0.1, -0.05) is 39.3 Å². The Hall–Kier alpha value is -1.86. The molecule has 0 unspecified atom stereocenters. The van der Waals surface area contributed by atoms with Gasteiger partial charge in [-0.2, -0.15) is 0 Å². The lowest BCUT2D eigenvalue weighted by Crippen LogP contribution is -2.53. The zero-order valence-electron chi connectivity index (χ0n) is 15.7. The average Bonchev–Trinajstić information content (AvgIpc) is 3.30. The van der Waals surface area contributed by atoms with Crippen LogP contribution in [0.15, 0.2) is 50.6 Å². The Bertz CT molecular complexity index is 779. The first-order chi connectivity index (χ1) is 13.2. The Morgan fingerprint density at radius 1 is 1.22 bits per heavy atom. The van der Waals surface area contributed by atoms with Crippen LogP contribution in [-0.2, 0) is 12.0 Å². The molecule has 1 saturated heterocycles. The van der Waals surface area contributed by atoms with Gasteiger partial charge in [-0.05, 0) is 24.5 Å². The van der Waals surface area contributed by atoms with Gasteiger partial charge in [0.05, 0.1) is 5.69 Å². The number of hydrogen-bond donors (Lipinski definition) is 1. The van der Waals surface area contributed by atoms with Gasteiger partial charge in [0.15, 0.2) is 5.96 Å². The summed E-state index contributed by atoms with van der Waals surface area (Å²) in [6.07, 6.45) is 4.09. The number of aromatic nitrogens is 1. The lowest BCUT2D eigenvalue weighted by atomic mass is 9.96. The van der Waals surface area contributed by atoms with Crippen LogP contribution in [0.4, 0.5) is 0 Å². The van der Waals surface area contributed by atoms with Crippen molar-refractivity contribution in [1.29, 1.82) is 0 Å². The Balaban J connectivity index is 1.31. The zero-order chi connectivity index (χ0) is 18.7. The van der Waals surface area contributed by atoms with E-state index in [4.69, 9.17) is 4.52 Å². The van der Waals surface area contributed by atoms with Gasteiger partial charge in [-0.3, -0.25) is 9.89 Å². The summed E-state index contributed by atoms with van der Waals surface area (Å²) < 4.78 is 6.14. The third-order valence-electron chi connectivity index (χ3n) is 5.64. The normalized spacial score (nSPS) is 19.9. The molecule has 0 amide bonds. The van der Waals surface area contributed by atoms with Crippen LogP contribution < -0.4 is 5.32 Å². The highest BCUT2D eigenvalue weighted by molar-refractivity contribution is 9.10. The molecule has 0 spiro atoms. The maximum atomic E-state index is 4.93. The van der Waals surface area contributed by atoms with Gasteiger partial charge in [0, 0.05) is 62.3 Å². The van der Waals surface area contributed by atoms with E-state index in [0.717, 1.165) is 50.9 Å². The standard InChI is InChI=1S/C20H26BrN5O/c1-22-19(23-15-20(7-8-20)17-4-2-3-5-18(17)21)26-11-9-25(10-12-26)14-16-6-13-27-24-16/h2-6,13H,7-12,14-15H2,1H3,(H,22,23). The van der Waals surface area contributed by atoms with Crippen LogP contribution in [0.5, 0.6) is 0 Å². The fourth-order valence-corrected chi connectivity index (χ4v) is 4.54. The van der Waals surface area contributed by atoms with Crippen molar-refractivity contribution in [3.8, 4) is 0 Å². The van der Waals surface area contributed by atoms with Gasteiger partial charge >= 0.3 is 0 Å². The molecule has 1 N–H and O–H groups in total. The third kappa shape index (κ3) is 4.19. The van der Waals surface area contributed by atoms with Crippen LogP contribution in [0.1, 0.15) is 24.1 Å². The van der Waals surface area contributed by atoms with Crippen molar-refractivity contribution >= 4 is 21.9 Å². The molecular weight excluding hydrogens is 406 g/mol. The molecule has 27 heavy (non-hydrogen) atoms. The second-order valence-corrected chi connectivity index (χ2v) is 8.27. The summed E-state index contributed by atoms with van der Waals surface area (Å²) in [7, 11) is 1.88. The number of hydrogen-bond acceptors (Lipinski definition) is 4. The minimum absolute atomic E-state index is 0.241. The highest BCUT2D eigenvalue weighted by Gasteiger charge is 2.45. The predicted molar refractivity (Wildman–Crippen MR) is 110 cm³/mol. The number of benzene rings is 1. The van der Waals surface area contributed by atoms with Crippen molar-refractivity contribution in [3.05, 3.63) is 52.3 Å². The Morgan fingerprint density at radius 2 is 2.00 bits per heavy atom. The summed E-state index contributed by atoms with van der Waals surface area (Å²) in [5.74, 6) is 1.01. The molecule has 2 aromatic rings. The topological polar surface area (TPSA) is 56.9 Å². The van der Waals surface area contributed by atoms with Crippen molar-refractivity contribution in [2.45, 2.75) is 24.8 Å². The summed E-state index contributed by atoms with van der Waals surface area (Å²) >= 11 is 3.72. The van der Waals surface area contributed by atoms with E-state index < -0.39 is 0 Å². The van der Waals surface area contributed by atoms with E-state index in [1.165, 1.54) is 22.9 Å². The van der Waals surface area contributed by atoms with E-state index in [9.17, 15) is 0 Å². The number of piperazine rings is 1. The van der Waals surface area contributed by atoms with E-state index in [0.29, 0.717) is 0 Å². The molecule has 7 heteroatoms. The summed E-state index contributed by atoms with van der Waals surface area (Å²) in [6.45, 7) is 5.73. The molecule has 1 saturated carbocycles. The van der Waals surface area contributed by atoms with Crippen molar-refractivity contribution in [1.82, 2.24) is 20.3 Å². The van der Waals surface area contributed by atoms with E-state index in [-0.39, 0.29) is 5.41 Å². The van der Waals surface area contributed by atoms with E-state index >= 15 is 0 Å². The molecule has 2 fully saturated rings. The quantitative estimate of drug-likeness (QED) is 0.582. The zero-order valence-corrected chi connectivity index (χ0v) is 17.3. The number of halogens is 1. The first-order valence-electron chi connectivity index (χ1n) is 9.52. The second-order valence-electron chi connectivity index (χ2n) is 7.41. The van der Waals surface area contributed by atoms with E-state index in [1.807, 2.05) is 13.1 Å². The first kappa shape index (κ1) is 18.5. The number of nitrogens with one attached hydrogen (secondary N) is 1. The number of nitrogens with zero attached hydrogens (tertiary/aromatic N) is 4. The molecule has 1 aliphatic heterocycles. The molecule has 2 heterocycles. The Morgan fingerprint density at radius 3 is 2.63 bits per heavy atom. The second kappa shape index (κ2) is 8.02. The highest BCUT2D eigenvalue weighted by atomic mass is 79.9. The van der Waals surface area contributed by atoms with Gasteiger partial charge in [0.25, 0.3) is 0 Å². The molecule has 0 bridgehead atoms. The van der Waals surface area contributed by atoms with Crippen molar-refractivity contribution in [2.75, 3.05) is 39.8 Å². The first-order valence-corrected chi connectivity index (χ1v) is 10.3. The van der Waals surface area contributed by atoms with Crippen LogP contribution in [0, 0.1) is 0 Å². The molecular formula is C20H26BrN5O. The van der Waals surface area contributed by atoms with Crippen molar-refractivity contribution in [3.63, 3.8) is 0 Å². The summed E-state index contributed by atoms with van der Waals surface area (Å²) in [6, 6.07) is 10.5. The smallest absolute Gasteiger partial charge is 0.193 e. The summed E-state index contributed by atoms with van der Waals surface area (Å²) in [5, 5.41) is 7.65. The van der Waals surface area contributed by atoms with Gasteiger partial charge < -0.3 is 14.7 Å². The molecule has 0 atom stereocenters. The van der Waals surface area contributed by atoms with Crippen LogP contribution in [0.2, 0.25) is 0 Å². The Kier molecular flexibility index (Phi) is 5.50. The largest absolute Gasteiger partial charge is 0.364 e. The van der Waals surface area contributed by atoms with Crippen molar-refractivity contribution < 1.29 is 4.52 Å². The van der Waals surface area contributed by atoms with Crippen LogP contribution in [0.3, 0.4) is 0 Å². The van der Waals surface area contributed by atoms with Crippen LogP contribution in [0.25, 0.3) is 0 Å². The lowest BCUT2D eigenvalue weighted by Gasteiger charge is -2.36. The highest BCUT2D eigenvalue weighted by Crippen LogP contribution is 2.49. The van der Waals surface area contributed by atoms with Gasteiger partial charge in [0.1, 0.15) is 6.26 Å². The van der Waals surface area contributed by atoms with Gasteiger partial charge in [0.2, 0.25) is 0 Å². The van der Waals surface area contributed by atoms with E-state index in [1.54, 1.807) is 6.26 Å². The molecule has 144 valence electrons. The Labute approximate surface area is 168 Å². The third-order valence-corrected chi connectivity index (χ3v) is 6.34. The van der Waals surface area contributed by atoms with Crippen molar-refractivity contribution in [2.24, 2.45) is 4.99 Å². The molecule has 0 radical (unpaired) electrons. The average molecular weight is 432 g/mol. The fourth-order valence-electron chi connectivity index (χ4n) is 3.83. The SMILES string of the molecule is CN=C(NCC1(c2ccccc2Br)CC1)N1CCN(Cc2ccon2)CC1. The number of guanidine groups is 1. The monoisotopic (exact) mass is 431 g/mol.